The van der Waals surface area contributed by atoms with Crippen LogP contribution in [-0.2, 0) is 27.8 Å². The first-order chi connectivity index (χ1) is 15.6. The highest BCUT2D eigenvalue weighted by molar-refractivity contribution is 7.89. The number of hydrogen-bond donors (Lipinski definition) is 1. The molecule has 1 heterocycles. The molecule has 1 N–H and O–H groups in total. The Bertz CT molecular complexity index is 1250. The summed E-state index contributed by atoms with van der Waals surface area (Å²) in [6.45, 7) is 13.2. The summed E-state index contributed by atoms with van der Waals surface area (Å²) in [4.78, 5) is 17.6. The molecule has 0 bridgehead atoms. The number of imidazole rings is 1. The van der Waals surface area contributed by atoms with Crippen LogP contribution in [0.1, 0.15) is 49.7 Å². The van der Waals surface area contributed by atoms with Crippen molar-refractivity contribution in [3.05, 3.63) is 52.8 Å². The predicted molar refractivity (Wildman–Crippen MR) is 133 cm³/mol. The van der Waals surface area contributed by atoms with E-state index in [0.29, 0.717) is 38.0 Å². The third kappa shape index (κ3) is 5.12. The van der Waals surface area contributed by atoms with Crippen LogP contribution in [-0.4, -0.2) is 41.3 Å². The molecule has 0 radical (unpaired) electrons. The summed E-state index contributed by atoms with van der Waals surface area (Å²) in [5.41, 5.74) is 5.62. The lowest BCUT2D eigenvalue weighted by Crippen LogP contribution is -2.30. The SMILES string of the molecule is CCN(CC)S(=O)(=O)c1ccc2c(c1)nc(CCC(=O)Nc1c(C)cc(C)cc1C)n2CC. The number of anilines is 1. The minimum Gasteiger partial charge on any atom is -0.328 e. The van der Waals surface area contributed by atoms with Gasteiger partial charge in [0.05, 0.1) is 15.9 Å². The zero-order chi connectivity index (χ0) is 24.3. The van der Waals surface area contributed by atoms with Crippen molar-refractivity contribution in [3.63, 3.8) is 0 Å². The van der Waals surface area contributed by atoms with E-state index in [1.54, 1.807) is 12.1 Å². The average Bonchev–Trinajstić information content (AvgIpc) is 3.12. The van der Waals surface area contributed by atoms with Gasteiger partial charge in [-0.15, -0.1) is 0 Å². The van der Waals surface area contributed by atoms with E-state index in [-0.39, 0.29) is 10.8 Å². The number of aromatic nitrogens is 2. The van der Waals surface area contributed by atoms with Crippen molar-refractivity contribution >= 4 is 32.7 Å². The highest BCUT2D eigenvalue weighted by Gasteiger charge is 2.23. The number of carbonyl (C=O) groups is 1. The number of benzene rings is 2. The predicted octanol–water partition coefficient (Wildman–Crippen LogP) is 4.58. The van der Waals surface area contributed by atoms with Crippen LogP contribution < -0.4 is 5.32 Å². The third-order valence-electron chi connectivity index (χ3n) is 5.98. The maximum Gasteiger partial charge on any atom is 0.243 e. The molecule has 2 aromatic carbocycles. The standard InChI is InChI=1S/C25H34N4O3S/c1-7-28(8-2)33(31,32)20-10-11-22-21(16-20)26-23(29(22)9-3)12-13-24(30)27-25-18(5)14-17(4)15-19(25)6/h10-11,14-16H,7-9,12-13H2,1-6H3,(H,27,30). The second-order valence-corrected chi connectivity index (χ2v) is 10.3. The summed E-state index contributed by atoms with van der Waals surface area (Å²) < 4.78 is 29.3. The summed E-state index contributed by atoms with van der Waals surface area (Å²) in [5, 5.41) is 3.04. The van der Waals surface area contributed by atoms with Crippen LogP contribution in [0.25, 0.3) is 11.0 Å². The van der Waals surface area contributed by atoms with Crippen molar-refractivity contribution in [2.75, 3.05) is 18.4 Å². The molecule has 0 aliphatic rings. The average molecular weight is 471 g/mol. The number of aryl methyl sites for hydroxylation is 5. The molecular weight excluding hydrogens is 436 g/mol. The largest absolute Gasteiger partial charge is 0.328 e. The molecule has 0 unspecified atom stereocenters. The Kier molecular flexibility index (Phi) is 7.59. The molecule has 0 saturated carbocycles. The number of fused-ring (bicyclic) bond motifs is 1. The highest BCUT2D eigenvalue weighted by Crippen LogP contribution is 2.25. The highest BCUT2D eigenvalue weighted by atomic mass is 32.2. The lowest BCUT2D eigenvalue weighted by atomic mass is 10.0. The number of nitrogens with one attached hydrogen (secondary N) is 1. The van der Waals surface area contributed by atoms with Crippen LogP contribution in [0, 0.1) is 20.8 Å². The fourth-order valence-electron chi connectivity index (χ4n) is 4.38. The van der Waals surface area contributed by atoms with E-state index in [1.165, 1.54) is 9.87 Å². The van der Waals surface area contributed by atoms with Gasteiger partial charge in [0.2, 0.25) is 15.9 Å². The minimum atomic E-state index is -3.55. The number of nitrogens with zero attached hydrogens (tertiary/aromatic N) is 3. The summed E-state index contributed by atoms with van der Waals surface area (Å²) in [6, 6.07) is 9.21. The number of rotatable bonds is 9. The van der Waals surface area contributed by atoms with Crippen molar-refractivity contribution < 1.29 is 13.2 Å². The molecule has 0 saturated heterocycles. The van der Waals surface area contributed by atoms with Gasteiger partial charge < -0.3 is 9.88 Å². The Hall–Kier alpha value is -2.71. The quantitative estimate of drug-likeness (QED) is 0.496. The number of carbonyl (C=O) groups excluding carboxylic acids is 1. The maximum absolute atomic E-state index is 12.9. The summed E-state index contributed by atoms with van der Waals surface area (Å²) in [5.74, 6) is 0.710. The molecule has 0 spiro atoms. The Balaban J connectivity index is 1.83. The molecule has 8 heteroatoms. The molecule has 3 rings (SSSR count). The van der Waals surface area contributed by atoms with Crippen molar-refractivity contribution in [2.45, 2.75) is 65.8 Å². The molecule has 178 valence electrons. The van der Waals surface area contributed by atoms with Gasteiger partial charge in [-0.25, -0.2) is 13.4 Å². The van der Waals surface area contributed by atoms with Crippen LogP contribution >= 0.6 is 0 Å². The van der Waals surface area contributed by atoms with Crippen molar-refractivity contribution in [2.24, 2.45) is 0 Å². The first-order valence-electron chi connectivity index (χ1n) is 11.5. The van der Waals surface area contributed by atoms with Gasteiger partial charge in [0.25, 0.3) is 0 Å². The molecule has 0 aliphatic carbocycles. The van der Waals surface area contributed by atoms with E-state index in [4.69, 9.17) is 4.98 Å². The van der Waals surface area contributed by atoms with Gasteiger partial charge in [-0.1, -0.05) is 31.5 Å². The van der Waals surface area contributed by atoms with E-state index >= 15 is 0 Å². The molecule has 3 aromatic rings. The van der Waals surface area contributed by atoms with Gasteiger partial charge in [-0.2, -0.15) is 4.31 Å². The van der Waals surface area contributed by atoms with Crippen LogP contribution in [0.5, 0.6) is 0 Å². The minimum absolute atomic E-state index is 0.0652. The lowest BCUT2D eigenvalue weighted by Gasteiger charge is -2.18. The summed E-state index contributed by atoms with van der Waals surface area (Å²) in [6.07, 6.45) is 0.761. The van der Waals surface area contributed by atoms with Gasteiger partial charge in [-0.3, -0.25) is 4.79 Å². The van der Waals surface area contributed by atoms with Crippen molar-refractivity contribution in [1.29, 1.82) is 0 Å². The normalized spacial score (nSPS) is 12.0. The van der Waals surface area contributed by atoms with Crippen LogP contribution in [0.3, 0.4) is 0 Å². The van der Waals surface area contributed by atoms with Gasteiger partial charge in [0, 0.05) is 38.2 Å². The smallest absolute Gasteiger partial charge is 0.243 e. The molecule has 1 aromatic heterocycles. The zero-order valence-corrected chi connectivity index (χ0v) is 21.2. The topological polar surface area (TPSA) is 84.3 Å². The monoisotopic (exact) mass is 470 g/mol. The first-order valence-corrected chi connectivity index (χ1v) is 12.9. The molecule has 33 heavy (non-hydrogen) atoms. The number of hydrogen-bond acceptors (Lipinski definition) is 4. The number of sulfonamides is 1. The van der Waals surface area contributed by atoms with Gasteiger partial charge in [0.15, 0.2) is 0 Å². The fourth-order valence-corrected chi connectivity index (χ4v) is 5.86. The van der Waals surface area contributed by atoms with Crippen LogP contribution in [0.2, 0.25) is 0 Å². The Labute approximate surface area is 196 Å². The van der Waals surface area contributed by atoms with E-state index in [1.807, 2.05) is 52.2 Å². The third-order valence-corrected chi connectivity index (χ3v) is 8.02. The molecule has 1 amide bonds. The van der Waals surface area contributed by atoms with E-state index in [2.05, 4.69) is 17.4 Å². The van der Waals surface area contributed by atoms with Gasteiger partial charge >= 0.3 is 0 Å². The van der Waals surface area contributed by atoms with Crippen molar-refractivity contribution in [1.82, 2.24) is 13.9 Å². The summed E-state index contributed by atoms with van der Waals surface area (Å²) in [7, 11) is -3.55. The fraction of sp³-hybridized carbons (Fsp3) is 0.440. The maximum atomic E-state index is 12.9. The lowest BCUT2D eigenvalue weighted by molar-refractivity contribution is -0.116. The van der Waals surface area contributed by atoms with Crippen LogP contribution in [0.4, 0.5) is 5.69 Å². The van der Waals surface area contributed by atoms with Gasteiger partial charge in [0.1, 0.15) is 5.82 Å². The molecule has 0 fully saturated rings. The Morgan fingerprint density at radius 2 is 1.67 bits per heavy atom. The molecule has 0 aliphatic heterocycles. The first kappa shape index (κ1) is 24.9. The molecule has 7 nitrogen and oxygen atoms in total. The van der Waals surface area contributed by atoms with E-state index in [0.717, 1.165) is 28.2 Å². The second kappa shape index (κ2) is 10.1. The zero-order valence-electron chi connectivity index (χ0n) is 20.4. The van der Waals surface area contributed by atoms with E-state index in [9.17, 15) is 13.2 Å². The van der Waals surface area contributed by atoms with Gasteiger partial charge in [-0.05, 0) is 57.0 Å². The van der Waals surface area contributed by atoms with Crippen LogP contribution in [0.15, 0.2) is 35.2 Å². The molecule has 0 atom stereocenters. The Morgan fingerprint density at radius 3 is 2.24 bits per heavy atom. The Morgan fingerprint density at radius 1 is 1.03 bits per heavy atom. The summed E-state index contributed by atoms with van der Waals surface area (Å²) >= 11 is 0. The van der Waals surface area contributed by atoms with Crippen molar-refractivity contribution in [3.8, 4) is 0 Å². The number of amides is 1. The molecular formula is C25H34N4O3S. The van der Waals surface area contributed by atoms with E-state index < -0.39 is 10.0 Å². The second-order valence-electron chi connectivity index (χ2n) is 8.33.